The summed E-state index contributed by atoms with van der Waals surface area (Å²) in [6, 6.07) is 11.6. The Morgan fingerprint density at radius 2 is 1.93 bits per heavy atom. The monoisotopic (exact) mass is 261 g/mol. The van der Waals surface area contributed by atoms with E-state index in [4.69, 9.17) is 10.2 Å². The third kappa shape index (κ3) is 1.23. The Labute approximate surface area is 94.8 Å². The molecule has 0 aliphatic rings. The molecular formula is C12H8BrNO. The summed E-state index contributed by atoms with van der Waals surface area (Å²) < 4.78 is 6.73. The van der Waals surface area contributed by atoms with Crippen molar-refractivity contribution < 1.29 is 4.42 Å². The second kappa shape index (κ2) is 3.00. The van der Waals surface area contributed by atoms with Gasteiger partial charge in [-0.05, 0) is 30.3 Å². The van der Waals surface area contributed by atoms with Crippen molar-refractivity contribution in [2.75, 3.05) is 5.73 Å². The molecular weight excluding hydrogens is 254 g/mol. The van der Waals surface area contributed by atoms with Crippen LogP contribution in [0.3, 0.4) is 0 Å². The van der Waals surface area contributed by atoms with Crippen LogP contribution in [0.1, 0.15) is 0 Å². The minimum Gasteiger partial charge on any atom is -0.456 e. The topological polar surface area (TPSA) is 39.2 Å². The maximum Gasteiger partial charge on any atom is 0.136 e. The highest BCUT2D eigenvalue weighted by Gasteiger charge is 2.09. The van der Waals surface area contributed by atoms with Gasteiger partial charge in [0.1, 0.15) is 11.2 Å². The van der Waals surface area contributed by atoms with Crippen LogP contribution in [0.4, 0.5) is 5.69 Å². The molecule has 0 fully saturated rings. The molecule has 0 radical (unpaired) electrons. The first-order valence-corrected chi connectivity index (χ1v) is 5.41. The van der Waals surface area contributed by atoms with Crippen molar-refractivity contribution in [1.82, 2.24) is 0 Å². The van der Waals surface area contributed by atoms with Crippen molar-refractivity contribution in [2.45, 2.75) is 0 Å². The highest BCUT2D eigenvalue weighted by molar-refractivity contribution is 9.10. The minimum atomic E-state index is 0.751. The number of halogens is 1. The first-order valence-electron chi connectivity index (χ1n) is 4.62. The Morgan fingerprint density at radius 3 is 2.80 bits per heavy atom. The van der Waals surface area contributed by atoms with Crippen LogP contribution in [0.25, 0.3) is 21.9 Å². The summed E-state index contributed by atoms with van der Waals surface area (Å²) in [7, 11) is 0. The van der Waals surface area contributed by atoms with Gasteiger partial charge < -0.3 is 10.2 Å². The minimum absolute atomic E-state index is 0.751. The Hall–Kier alpha value is -1.48. The van der Waals surface area contributed by atoms with Gasteiger partial charge in [-0.15, -0.1) is 0 Å². The Balaban J connectivity index is 2.61. The molecule has 1 heterocycles. The molecule has 3 heteroatoms. The quantitative estimate of drug-likeness (QED) is 0.623. The van der Waals surface area contributed by atoms with Crippen molar-refractivity contribution in [1.29, 1.82) is 0 Å². The summed E-state index contributed by atoms with van der Waals surface area (Å²) in [5, 5.41) is 2.14. The van der Waals surface area contributed by atoms with Gasteiger partial charge in [0.15, 0.2) is 0 Å². The molecule has 74 valence electrons. The lowest BCUT2D eigenvalue weighted by atomic mass is 10.1. The summed E-state index contributed by atoms with van der Waals surface area (Å²) in [5.41, 5.74) is 8.26. The molecule has 1 aromatic heterocycles. The number of nitrogens with two attached hydrogens (primary N) is 1. The van der Waals surface area contributed by atoms with Crippen molar-refractivity contribution in [2.24, 2.45) is 0 Å². The van der Waals surface area contributed by atoms with Crippen LogP contribution < -0.4 is 5.73 Å². The van der Waals surface area contributed by atoms with E-state index in [1.807, 2.05) is 36.4 Å². The van der Waals surface area contributed by atoms with Crippen molar-refractivity contribution in [3.8, 4) is 0 Å². The highest BCUT2D eigenvalue weighted by atomic mass is 79.9. The van der Waals surface area contributed by atoms with Gasteiger partial charge in [0.25, 0.3) is 0 Å². The summed E-state index contributed by atoms with van der Waals surface area (Å²) in [4.78, 5) is 0. The maximum atomic E-state index is 5.77. The van der Waals surface area contributed by atoms with E-state index in [1.54, 1.807) is 0 Å². The number of anilines is 1. The SMILES string of the molecule is Nc1ccc2oc3cccc(Br)c3c2c1. The summed E-state index contributed by atoms with van der Waals surface area (Å²) in [5.74, 6) is 0. The average molecular weight is 262 g/mol. The zero-order chi connectivity index (χ0) is 10.4. The molecule has 2 N–H and O–H groups in total. The Kier molecular flexibility index (Phi) is 1.76. The first-order chi connectivity index (χ1) is 7.25. The maximum absolute atomic E-state index is 5.77. The fraction of sp³-hybridized carbons (Fsp3) is 0. The second-order valence-electron chi connectivity index (χ2n) is 3.47. The van der Waals surface area contributed by atoms with E-state index in [0.717, 1.165) is 32.1 Å². The van der Waals surface area contributed by atoms with E-state index in [0.29, 0.717) is 0 Å². The van der Waals surface area contributed by atoms with Gasteiger partial charge in [0.2, 0.25) is 0 Å². The van der Waals surface area contributed by atoms with Gasteiger partial charge in [-0.3, -0.25) is 0 Å². The van der Waals surface area contributed by atoms with Gasteiger partial charge >= 0.3 is 0 Å². The van der Waals surface area contributed by atoms with E-state index in [-0.39, 0.29) is 0 Å². The number of furan rings is 1. The van der Waals surface area contributed by atoms with Crippen LogP contribution in [0.2, 0.25) is 0 Å². The normalized spacial score (nSPS) is 11.3. The molecule has 0 aliphatic heterocycles. The van der Waals surface area contributed by atoms with Gasteiger partial charge in [-0.2, -0.15) is 0 Å². The third-order valence-electron chi connectivity index (χ3n) is 2.47. The lowest BCUT2D eigenvalue weighted by Gasteiger charge is -1.94. The number of nitrogen functional groups attached to an aromatic ring is 1. The van der Waals surface area contributed by atoms with Crippen LogP contribution in [0.5, 0.6) is 0 Å². The number of fused-ring (bicyclic) bond motifs is 3. The van der Waals surface area contributed by atoms with E-state index in [2.05, 4.69) is 15.9 Å². The van der Waals surface area contributed by atoms with E-state index >= 15 is 0 Å². The van der Waals surface area contributed by atoms with Crippen LogP contribution in [-0.2, 0) is 0 Å². The van der Waals surface area contributed by atoms with Gasteiger partial charge in [-0.25, -0.2) is 0 Å². The smallest absolute Gasteiger partial charge is 0.136 e. The van der Waals surface area contributed by atoms with Crippen LogP contribution in [0, 0.1) is 0 Å². The lowest BCUT2D eigenvalue weighted by molar-refractivity contribution is 0.669. The third-order valence-corrected chi connectivity index (χ3v) is 3.13. The molecule has 0 atom stereocenters. The second-order valence-corrected chi connectivity index (χ2v) is 4.32. The predicted octanol–water partition coefficient (Wildman–Crippen LogP) is 3.93. The molecule has 0 saturated carbocycles. The van der Waals surface area contributed by atoms with Crippen molar-refractivity contribution in [3.63, 3.8) is 0 Å². The number of hydrogen-bond acceptors (Lipinski definition) is 2. The van der Waals surface area contributed by atoms with E-state index in [1.165, 1.54) is 0 Å². The Morgan fingerprint density at radius 1 is 1.07 bits per heavy atom. The highest BCUT2D eigenvalue weighted by Crippen LogP contribution is 2.34. The van der Waals surface area contributed by atoms with Crippen LogP contribution in [-0.4, -0.2) is 0 Å². The molecule has 0 unspecified atom stereocenters. The zero-order valence-corrected chi connectivity index (χ0v) is 9.41. The van der Waals surface area contributed by atoms with Crippen LogP contribution in [0.15, 0.2) is 45.3 Å². The van der Waals surface area contributed by atoms with Crippen LogP contribution >= 0.6 is 15.9 Å². The van der Waals surface area contributed by atoms with E-state index in [9.17, 15) is 0 Å². The van der Waals surface area contributed by atoms with Gasteiger partial charge in [0.05, 0.1) is 0 Å². The molecule has 3 rings (SSSR count). The first kappa shape index (κ1) is 8.80. The van der Waals surface area contributed by atoms with Crippen molar-refractivity contribution in [3.05, 3.63) is 40.9 Å². The number of hydrogen-bond donors (Lipinski definition) is 1. The predicted molar refractivity (Wildman–Crippen MR) is 65.8 cm³/mol. The molecule has 3 aromatic rings. The van der Waals surface area contributed by atoms with Gasteiger partial charge in [0, 0.05) is 20.9 Å². The zero-order valence-electron chi connectivity index (χ0n) is 7.83. The fourth-order valence-corrected chi connectivity index (χ4v) is 2.36. The van der Waals surface area contributed by atoms with Gasteiger partial charge in [-0.1, -0.05) is 22.0 Å². The molecule has 2 nitrogen and oxygen atoms in total. The molecule has 0 bridgehead atoms. The molecule has 0 spiro atoms. The number of benzene rings is 2. The molecule has 2 aromatic carbocycles. The summed E-state index contributed by atoms with van der Waals surface area (Å²) in [6.07, 6.45) is 0. The largest absolute Gasteiger partial charge is 0.456 e. The fourth-order valence-electron chi connectivity index (χ4n) is 1.80. The van der Waals surface area contributed by atoms with Crippen molar-refractivity contribution >= 4 is 43.6 Å². The summed E-state index contributed by atoms with van der Waals surface area (Å²) >= 11 is 3.52. The Bertz CT molecular complexity index is 657. The molecule has 0 aliphatic carbocycles. The lowest BCUT2D eigenvalue weighted by Crippen LogP contribution is -1.81. The molecule has 0 saturated heterocycles. The van der Waals surface area contributed by atoms with E-state index < -0.39 is 0 Å². The summed E-state index contributed by atoms with van der Waals surface area (Å²) in [6.45, 7) is 0. The molecule has 15 heavy (non-hydrogen) atoms. The number of rotatable bonds is 0. The standard InChI is InChI=1S/C12H8BrNO/c13-9-2-1-3-11-12(9)8-6-7(14)4-5-10(8)15-11/h1-6H,14H2. The average Bonchev–Trinajstić information content (AvgIpc) is 2.57. The molecule has 0 amide bonds.